The molecular formula is C19H23N3O4. The molecule has 0 unspecified atom stereocenters. The molecule has 1 aromatic heterocycles. The predicted octanol–water partition coefficient (Wildman–Crippen LogP) is 3.85. The summed E-state index contributed by atoms with van der Waals surface area (Å²) in [5, 5.41) is 14.2. The lowest BCUT2D eigenvalue weighted by molar-refractivity contribution is -0.385. The molecule has 0 saturated heterocycles. The zero-order chi connectivity index (χ0) is 19.6. The van der Waals surface area contributed by atoms with Crippen LogP contribution in [0.2, 0.25) is 0 Å². The zero-order valence-electron chi connectivity index (χ0n) is 15.7. The second kappa shape index (κ2) is 7.51. The number of carbonyl (C=O) groups excluding carboxylic acids is 1. The van der Waals surface area contributed by atoms with E-state index in [1.165, 1.54) is 23.0 Å². The van der Waals surface area contributed by atoms with Crippen molar-refractivity contribution in [2.75, 3.05) is 0 Å². The van der Waals surface area contributed by atoms with Gasteiger partial charge in [-0.1, -0.05) is 12.5 Å². The number of benzene rings is 1. The van der Waals surface area contributed by atoms with Crippen molar-refractivity contribution in [3.63, 3.8) is 0 Å². The van der Waals surface area contributed by atoms with E-state index in [1.807, 2.05) is 20.8 Å². The van der Waals surface area contributed by atoms with Gasteiger partial charge in [0.05, 0.1) is 10.5 Å². The van der Waals surface area contributed by atoms with E-state index in [0.29, 0.717) is 23.2 Å². The van der Waals surface area contributed by atoms with Crippen LogP contribution in [0.3, 0.4) is 0 Å². The van der Waals surface area contributed by atoms with Crippen molar-refractivity contribution < 1.29 is 9.72 Å². The third-order valence-corrected chi connectivity index (χ3v) is 4.54. The van der Waals surface area contributed by atoms with Crippen molar-refractivity contribution in [3.8, 4) is 0 Å². The molecule has 0 fully saturated rings. The first kappa shape index (κ1) is 19.4. The summed E-state index contributed by atoms with van der Waals surface area (Å²) >= 11 is 0. The molecule has 7 nitrogen and oxygen atoms in total. The predicted molar refractivity (Wildman–Crippen MR) is 101 cm³/mol. The maximum Gasteiger partial charge on any atom is 0.277 e. The summed E-state index contributed by atoms with van der Waals surface area (Å²) in [5.41, 5.74) is 2.53. The molecular weight excluding hydrogens is 334 g/mol. The number of aromatic amines is 1. The molecule has 0 aliphatic heterocycles. The Bertz CT molecular complexity index is 960. The van der Waals surface area contributed by atoms with Gasteiger partial charge < -0.3 is 5.10 Å². The summed E-state index contributed by atoms with van der Waals surface area (Å²) in [6, 6.07) is 2.76. The fourth-order valence-electron chi connectivity index (χ4n) is 2.92. The zero-order valence-corrected chi connectivity index (χ0v) is 15.7. The minimum absolute atomic E-state index is 0.0382. The summed E-state index contributed by atoms with van der Waals surface area (Å²) in [7, 11) is 0. The van der Waals surface area contributed by atoms with Crippen molar-refractivity contribution in [2.24, 2.45) is 0 Å². The Balaban J connectivity index is 2.67. The molecule has 0 bridgehead atoms. The molecule has 0 aliphatic rings. The highest BCUT2D eigenvalue weighted by Gasteiger charge is 2.25. The van der Waals surface area contributed by atoms with Crippen LogP contribution in [-0.2, 0) is 6.54 Å². The van der Waals surface area contributed by atoms with Crippen LogP contribution in [0, 0.1) is 17.0 Å². The lowest BCUT2D eigenvalue weighted by Crippen LogP contribution is -2.22. The Labute approximate surface area is 151 Å². The van der Waals surface area contributed by atoms with Crippen molar-refractivity contribution >= 4 is 17.0 Å². The van der Waals surface area contributed by atoms with Gasteiger partial charge in [0.15, 0.2) is 5.78 Å². The van der Waals surface area contributed by atoms with E-state index in [0.717, 1.165) is 17.6 Å². The van der Waals surface area contributed by atoms with Gasteiger partial charge in [-0.15, -0.1) is 0 Å². The Morgan fingerprint density at radius 1 is 1.23 bits per heavy atom. The minimum atomic E-state index is -0.451. The van der Waals surface area contributed by atoms with Crippen LogP contribution in [0.25, 0.3) is 5.57 Å². The average molecular weight is 357 g/mol. The number of rotatable bonds is 6. The molecule has 2 aromatic rings. The number of allylic oxidation sites excluding steroid dienone is 2. The van der Waals surface area contributed by atoms with Crippen LogP contribution >= 0.6 is 0 Å². The van der Waals surface area contributed by atoms with Crippen molar-refractivity contribution in [1.82, 2.24) is 9.78 Å². The number of hydrogen-bond donors (Lipinski definition) is 1. The van der Waals surface area contributed by atoms with Gasteiger partial charge in [-0.3, -0.25) is 24.4 Å². The van der Waals surface area contributed by atoms with E-state index >= 15 is 0 Å². The number of H-pyrrole nitrogens is 1. The molecule has 1 heterocycles. The fourth-order valence-corrected chi connectivity index (χ4v) is 2.92. The van der Waals surface area contributed by atoms with Crippen LogP contribution in [0.5, 0.6) is 0 Å². The number of nitro benzene ring substituents is 1. The second-order valence-electron chi connectivity index (χ2n) is 6.49. The summed E-state index contributed by atoms with van der Waals surface area (Å²) in [5.74, 6) is -0.434. The average Bonchev–Trinajstić information content (AvgIpc) is 2.94. The van der Waals surface area contributed by atoms with Crippen molar-refractivity contribution in [3.05, 3.63) is 66.6 Å². The summed E-state index contributed by atoms with van der Waals surface area (Å²) in [6.45, 7) is 9.63. The van der Waals surface area contributed by atoms with Gasteiger partial charge in [0.2, 0.25) is 0 Å². The van der Waals surface area contributed by atoms with Gasteiger partial charge in [0, 0.05) is 24.4 Å². The highest BCUT2D eigenvalue weighted by Crippen LogP contribution is 2.33. The SMILES string of the molecule is CCCn1[nH]cc(C(=O)c2ccc([N+](=O)[O-])c(C(C)=C(C)C)c2C)c1=O. The molecule has 1 aromatic carbocycles. The number of nitrogens with one attached hydrogen (secondary N) is 1. The highest BCUT2D eigenvalue weighted by molar-refractivity contribution is 6.10. The van der Waals surface area contributed by atoms with Gasteiger partial charge in [-0.05, 0) is 51.3 Å². The van der Waals surface area contributed by atoms with Gasteiger partial charge in [-0.25, -0.2) is 0 Å². The first-order valence-electron chi connectivity index (χ1n) is 8.46. The normalized spacial score (nSPS) is 10.7. The van der Waals surface area contributed by atoms with E-state index in [4.69, 9.17) is 0 Å². The van der Waals surface area contributed by atoms with E-state index in [1.54, 1.807) is 13.8 Å². The van der Waals surface area contributed by atoms with Gasteiger partial charge >= 0.3 is 0 Å². The topological polar surface area (TPSA) is 98.0 Å². The molecule has 0 saturated carbocycles. The minimum Gasteiger partial charge on any atom is -0.302 e. The molecule has 0 atom stereocenters. The Morgan fingerprint density at radius 2 is 1.88 bits per heavy atom. The monoisotopic (exact) mass is 357 g/mol. The first-order valence-corrected chi connectivity index (χ1v) is 8.46. The fraction of sp³-hybridized carbons (Fsp3) is 0.368. The molecule has 0 radical (unpaired) electrons. The molecule has 26 heavy (non-hydrogen) atoms. The van der Waals surface area contributed by atoms with Crippen molar-refractivity contribution in [1.29, 1.82) is 0 Å². The van der Waals surface area contributed by atoms with Crippen LogP contribution < -0.4 is 5.56 Å². The maximum absolute atomic E-state index is 12.9. The smallest absolute Gasteiger partial charge is 0.277 e. The van der Waals surface area contributed by atoms with Gasteiger partial charge in [-0.2, -0.15) is 0 Å². The Morgan fingerprint density at radius 3 is 2.42 bits per heavy atom. The number of hydrogen-bond acceptors (Lipinski definition) is 4. The molecule has 138 valence electrons. The largest absolute Gasteiger partial charge is 0.302 e. The van der Waals surface area contributed by atoms with Crippen molar-refractivity contribution in [2.45, 2.75) is 47.6 Å². The number of aryl methyl sites for hydroxylation is 1. The molecule has 7 heteroatoms. The summed E-state index contributed by atoms with van der Waals surface area (Å²) < 4.78 is 1.39. The van der Waals surface area contributed by atoms with Gasteiger partial charge in [0.25, 0.3) is 11.2 Å². The molecule has 2 rings (SSSR count). The van der Waals surface area contributed by atoms with Crippen LogP contribution in [-0.4, -0.2) is 20.5 Å². The lowest BCUT2D eigenvalue weighted by Gasteiger charge is -2.12. The number of nitro groups is 1. The summed E-state index contributed by atoms with van der Waals surface area (Å²) in [6.07, 6.45) is 2.16. The van der Waals surface area contributed by atoms with Gasteiger partial charge in [0.1, 0.15) is 5.56 Å². The number of carbonyl (C=O) groups is 1. The Kier molecular flexibility index (Phi) is 5.59. The second-order valence-corrected chi connectivity index (χ2v) is 6.49. The summed E-state index contributed by atoms with van der Waals surface area (Å²) in [4.78, 5) is 36.3. The Hall–Kier alpha value is -2.96. The standard InChI is InChI=1S/C19H23N3O4/c1-6-9-21-19(24)15(10-20-21)18(23)14-7-8-16(22(25)26)17(13(14)5)12(4)11(2)3/h7-8,10,20H,6,9H2,1-5H3. The van der Waals surface area contributed by atoms with Crippen LogP contribution in [0.4, 0.5) is 5.69 Å². The van der Waals surface area contributed by atoms with E-state index in [-0.39, 0.29) is 16.8 Å². The highest BCUT2D eigenvalue weighted by atomic mass is 16.6. The third kappa shape index (κ3) is 3.37. The van der Waals surface area contributed by atoms with Crippen LogP contribution in [0.15, 0.2) is 28.7 Å². The molecule has 0 aliphatic carbocycles. The quantitative estimate of drug-likeness (QED) is 0.482. The molecule has 0 amide bonds. The van der Waals surface area contributed by atoms with E-state index < -0.39 is 10.7 Å². The molecule has 0 spiro atoms. The number of aromatic nitrogens is 2. The van der Waals surface area contributed by atoms with Crippen LogP contribution in [0.1, 0.15) is 61.2 Å². The number of ketones is 1. The van der Waals surface area contributed by atoms with E-state index in [2.05, 4.69) is 5.10 Å². The first-order chi connectivity index (χ1) is 12.2. The van der Waals surface area contributed by atoms with E-state index in [9.17, 15) is 19.7 Å². The molecule has 1 N–H and O–H groups in total. The maximum atomic E-state index is 12.9. The third-order valence-electron chi connectivity index (χ3n) is 4.54. The lowest BCUT2D eigenvalue weighted by atomic mass is 9.90. The number of nitrogens with zero attached hydrogens (tertiary/aromatic N) is 2.